The van der Waals surface area contributed by atoms with Crippen molar-refractivity contribution in [3.05, 3.63) is 0 Å². The Morgan fingerprint density at radius 2 is 2.05 bits per heavy atom. The predicted octanol–water partition coefficient (Wildman–Crippen LogP) is 2.90. The van der Waals surface area contributed by atoms with Crippen molar-refractivity contribution in [2.45, 2.75) is 58.2 Å². The number of unbranched alkanes of at least 4 members (excludes halogenated alkanes) is 1. The number of ether oxygens (including phenoxy) is 3. The smallest absolute Gasteiger partial charge is 0.309 e. The van der Waals surface area contributed by atoms with Crippen LogP contribution in [0.2, 0.25) is 0 Å². The van der Waals surface area contributed by atoms with Crippen molar-refractivity contribution in [3.63, 3.8) is 0 Å². The molecule has 1 heterocycles. The van der Waals surface area contributed by atoms with Gasteiger partial charge >= 0.3 is 5.97 Å². The number of carbonyl (C=O) groups excluding carboxylic acids is 1. The van der Waals surface area contributed by atoms with Gasteiger partial charge in [-0.1, -0.05) is 19.8 Å². The summed E-state index contributed by atoms with van der Waals surface area (Å²) in [5, 5.41) is 0. The Balaban J connectivity index is 2.00. The summed E-state index contributed by atoms with van der Waals surface area (Å²) in [4.78, 5) is 12.1. The summed E-state index contributed by atoms with van der Waals surface area (Å²) in [5.41, 5.74) is 0. The van der Waals surface area contributed by atoms with Gasteiger partial charge < -0.3 is 14.2 Å². The Bertz CT molecular complexity index is 297. The SMILES string of the molecule is CCCC[C@H]1CC2(CC[C@H]1C(=O)OCC)OCCO2. The molecule has 19 heavy (non-hydrogen) atoms. The predicted molar refractivity (Wildman–Crippen MR) is 71.6 cm³/mol. The molecule has 0 radical (unpaired) electrons. The summed E-state index contributed by atoms with van der Waals surface area (Å²) in [6.45, 7) is 5.89. The van der Waals surface area contributed by atoms with Gasteiger partial charge in [0.1, 0.15) is 0 Å². The minimum atomic E-state index is -0.401. The van der Waals surface area contributed by atoms with E-state index in [4.69, 9.17) is 14.2 Å². The molecule has 1 saturated heterocycles. The van der Waals surface area contributed by atoms with E-state index in [1.807, 2.05) is 6.92 Å². The van der Waals surface area contributed by atoms with E-state index in [0.717, 1.165) is 38.5 Å². The first-order valence-corrected chi connectivity index (χ1v) is 7.65. The number of hydrogen-bond donors (Lipinski definition) is 0. The van der Waals surface area contributed by atoms with Gasteiger partial charge in [-0.25, -0.2) is 0 Å². The molecule has 1 saturated carbocycles. The van der Waals surface area contributed by atoms with Crippen molar-refractivity contribution in [2.24, 2.45) is 11.8 Å². The van der Waals surface area contributed by atoms with E-state index in [1.54, 1.807) is 0 Å². The third-order valence-electron chi connectivity index (χ3n) is 4.31. The zero-order valence-electron chi connectivity index (χ0n) is 12.2. The maximum absolute atomic E-state index is 12.1. The van der Waals surface area contributed by atoms with Crippen LogP contribution in [0.25, 0.3) is 0 Å². The largest absolute Gasteiger partial charge is 0.466 e. The normalized spacial score (nSPS) is 29.6. The van der Waals surface area contributed by atoms with Gasteiger partial charge in [0.15, 0.2) is 5.79 Å². The summed E-state index contributed by atoms with van der Waals surface area (Å²) < 4.78 is 16.8. The van der Waals surface area contributed by atoms with E-state index in [9.17, 15) is 4.79 Å². The van der Waals surface area contributed by atoms with Crippen LogP contribution in [0.5, 0.6) is 0 Å². The van der Waals surface area contributed by atoms with Crippen molar-refractivity contribution in [3.8, 4) is 0 Å². The topological polar surface area (TPSA) is 44.8 Å². The monoisotopic (exact) mass is 270 g/mol. The molecule has 1 aliphatic carbocycles. The first-order chi connectivity index (χ1) is 9.21. The molecule has 2 aliphatic rings. The second-order valence-corrected chi connectivity index (χ2v) is 5.61. The van der Waals surface area contributed by atoms with E-state index < -0.39 is 5.79 Å². The van der Waals surface area contributed by atoms with E-state index in [0.29, 0.717) is 25.7 Å². The second kappa shape index (κ2) is 6.71. The molecular formula is C15H26O4. The average molecular weight is 270 g/mol. The first kappa shape index (κ1) is 14.8. The first-order valence-electron chi connectivity index (χ1n) is 7.65. The highest BCUT2D eigenvalue weighted by Crippen LogP contribution is 2.44. The van der Waals surface area contributed by atoms with Gasteiger partial charge in [-0.05, 0) is 25.7 Å². The van der Waals surface area contributed by atoms with Crippen molar-refractivity contribution < 1.29 is 19.0 Å². The molecule has 4 heteroatoms. The van der Waals surface area contributed by atoms with Gasteiger partial charge in [-0.3, -0.25) is 4.79 Å². The third-order valence-corrected chi connectivity index (χ3v) is 4.31. The van der Waals surface area contributed by atoms with Crippen molar-refractivity contribution in [2.75, 3.05) is 19.8 Å². The van der Waals surface area contributed by atoms with Gasteiger partial charge in [0.2, 0.25) is 0 Å². The zero-order chi connectivity index (χ0) is 13.7. The number of esters is 1. The summed E-state index contributed by atoms with van der Waals surface area (Å²) in [6, 6.07) is 0. The van der Waals surface area contributed by atoms with E-state index >= 15 is 0 Å². The quantitative estimate of drug-likeness (QED) is 0.721. The average Bonchev–Trinajstić information content (AvgIpc) is 2.85. The molecule has 2 fully saturated rings. The van der Waals surface area contributed by atoms with E-state index in [2.05, 4.69) is 6.92 Å². The molecule has 0 bridgehead atoms. The molecule has 0 aromatic heterocycles. The molecule has 0 aromatic rings. The van der Waals surface area contributed by atoms with Crippen molar-refractivity contribution in [1.29, 1.82) is 0 Å². The molecule has 1 spiro atoms. The molecule has 1 aliphatic heterocycles. The Kier molecular flexibility index (Phi) is 5.22. The molecule has 2 atom stereocenters. The third kappa shape index (κ3) is 3.48. The molecule has 4 nitrogen and oxygen atoms in total. The summed E-state index contributed by atoms with van der Waals surface area (Å²) >= 11 is 0. The lowest BCUT2D eigenvalue weighted by Crippen LogP contribution is -2.43. The lowest BCUT2D eigenvalue weighted by Gasteiger charge is -2.40. The highest BCUT2D eigenvalue weighted by molar-refractivity contribution is 5.73. The zero-order valence-corrected chi connectivity index (χ0v) is 12.2. The standard InChI is InChI=1S/C15H26O4/c1-3-5-6-12-11-15(18-9-10-19-15)8-7-13(12)14(16)17-4-2/h12-13H,3-11H2,1-2H3/t12-,13+/m0/s1. The minimum absolute atomic E-state index is 0.0311. The highest BCUT2D eigenvalue weighted by Gasteiger charge is 2.47. The molecule has 2 rings (SSSR count). The van der Waals surface area contributed by atoms with Gasteiger partial charge in [0.05, 0.1) is 25.7 Å². The molecular weight excluding hydrogens is 244 g/mol. The summed E-state index contributed by atoms with van der Waals surface area (Å²) in [6.07, 6.45) is 5.86. The fourth-order valence-electron chi connectivity index (χ4n) is 3.34. The summed E-state index contributed by atoms with van der Waals surface area (Å²) in [5.74, 6) is -0.0614. The van der Waals surface area contributed by atoms with Gasteiger partial charge in [-0.15, -0.1) is 0 Å². The van der Waals surface area contributed by atoms with E-state index in [1.165, 1.54) is 0 Å². The fraction of sp³-hybridized carbons (Fsp3) is 0.933. The fourth-order valence-corrected chi connectivity index (χ4v) is 3.34. The number of carbonyl (C=O) groups is 1. The van der Waals surface area contributed by atoms with Crippen LogP contribution in [0.1, 0.15) is 52.4 Å². The molecule has 0 amide bonds. The van der Waals surface area contributed by atoms with Crippen LogP contribution in [-0.4, -0.2) is 31.6 Å². The van der Waals surface area contributed by atoms with Crippen LogP contribution in [0.4, 0.5) is 0 Å². The van der Waals surface area contributed by atoms with Crippen LogP contribution in [0.3, 0.4) is 0 Å². The number of rotatable bonds is 5. The molecule has 0 aromatic carbocycles. The maximum Gasteiger partial charge on any atom is 0.309 e. The lowest BCUT2D eigenvalue weighted by atomic mass is 9.74. The van der Waals surface area contributed by atoms with Gasteiger partial charge in [0, 0.05) is 12.8 Å². The van der Waals surface area contributed by atoms with Gasteiger partial charge in [-0.2, -0.15) is 0 Å². The molecule has 110 valence electrons. The maximum atomic E-state index is 12.1. The summed E-state index contributed by atoms with van der Waals surface area (Å²) in [7, 11) is 0. The van der Waals surface area contributed by atoms with E-state index in [-0.39, 0.29) is 11.9 Å². The Labute approximate surface area is 115 Å². The minimum Gasteiger partial charge on any atom is -0.466 e. The Morgan fingerprint density at radius 1 is 1.32 bits per heavy atom. The Hall–Kier alpha value is -0.610. The van der Waals surface area contributed by atoms with Crippen molar-refractivity contribution >= 4 is 5.97 Å². The van der Waals surface area contributed by atoms with Crippen LogP contribution in [0.15, 0.2) is 0 Å². The highest BCUT2D eigenvalue weighted by atomic mass is 16.7. The lowest BCUT2D eigenvalue weighted by molar-refractivity contribution is -0.200. The Morgan fingerprint density at radius 3 is 2.68 bits per heavy atom. The molecule has 0 N–H and O–H groups in total. The molecule has 0 unspecified atom stereocenters. The number of hydrogen-bond acceptors (Lipinski definition) is 4. The van der Waals surface area contributed by atoms with Crippen LogP contribution in [-0.2, 0) is 19.0 Å². The second-order valence-electron chi connectivity index (χ2n) is 5.61. The van der Waals surface area contributed by atoms with Crippen LogP contribution < -0.4 is 0 Å². The van der Waals surface area contributed by atoms with Crippen molar-refractivity contribution in [1.82, 2.24) is 0 Å². The van der Waals surface area contributed by atoms with Gasteiger partial charge in [0.25, 0.3) is 0 Å². The van der Waals surface area contributed by atoms with Crippen LogP contribution >= 0.6 is 0 Å². The van der Waals surface area contributed by atoms with Crippen LogP contribution in [0, 0.1) is 11.8 Å².